The summed E-state index contributed by atoms with van der Waals surface area (Å²) in [5.74, 6) is 0.0114. The number of nitrogens with zero attached hydrogens (tertiary/aromatic N) is 1. The summed E-state index contributed by atoms with van der Waals surface area (Å²) >= 11 is 22.1. The number of rotatable bonds is 7. The van der Waals surface area contributed by atoms with Crippen LogP contribution in [0, 0.1) is 0 Å². The molecule has 1 heterocycles. The maximum atomic E-state index is 13.0. The molecular weight excluding hydrogens is 607 g/mol. The number of benzene rings is 3. The number of thiocarbonyl (C=S) groups is 1. The monoisotopic (exact) mass is 622 g/mol. The Kier molecular flexibility index (Phi) is 8.58. The molecule has 0 atom stereocenters. The van der Waals surface area contributed by atoms with Gasteiger partial charge >= 0.3 is 0 Å². The van der Waals surface area contributed by atoms with Gasteiger partial charge in [0, 0.05) is 21.2 Å². The number of amides is 2. The van der Waals surface area contributed by atoms with Crippen LogP contribution in [0.5, 0.6) is 11.5 Å². The van der Waals surface area contributed by atoms with Gasteiger partial charge in [-0.25, -0.2) is 0 Å². The molecule has 1 aliphatic heterocycles. The molecule has 1 saturated heterocycles. The summed E-state index contributed by atoms with van der Waals surface area (Å²) in [5, 5.41) is 2.06. The molecule has 0 spiro atoms. The van der Waals surface area contributed by atoms with E-state index in [0.717, 1.165) is 22.3 Å². The minimum Gasteiger partial charge on any atom is -0.493 e. The molecule has 2 amide bonds. The number of methoxy groups -OCH3 is 1. The molecule has 4 rings (SSSR count). The number of thioether (sulfide) groups is 1. The summed E-state index contributed by atoms with van der Waals surface area (Å²) in [6, 6.07) is 17.3. The number of carbonyl (C=O) groups is 2. The molecule has 3 aromatic rings. The van der Waals surface area contributed by atoms with Gasteiger partial charge in [0.25, 0.3) is 11.8 Å². The Morgan fingerprint density at radius 3 is 2.67 bits per heavy atom. The minimum absolute atomic E-state index is 0.201. The van der Waals surface area contributed by atoms with E-state index in [-0.39, 0.29) is 10.9 Å². The van der Waals surface area contributed by atoms with Crippen molar-refractivity contribution < 1.29 is 19.1 Å². The zero-order valence-electron chi connectivity index (χ0n) is 18.6. The Morgan fingerprint density at radius 2 is 1.94 bits per heavy atom. The first-order valence-electron chi connectivity index (χ1n) is 10.3. The standard InChI is InChI=1S/C25H17BrCl2N2O4S2/c1-33-20-10-14(9-18(26)22(20)34-13-16-5-2-3-8-19(16)28)11-21-24(32)30(25(35)36-21)29-23(31)15-6-4-7-17(27)12-15/h2-12H,13H2,1H3,(H,29,31)/b21-11-. The molecule has 1 aliphatic rings. The van der Waals surface area contributed by atoms with Gasteiger partial charge in [-0.3, -0.25) is 15.0 Å². The van der Waals surface area contributed by atoms with Crippen LogP contribution in [0.25, 0.3) is 6.08 Å². The van der Waals surface area contributed by atoms with E-state index in [0.29, 0.717) is 42.0 Å². The van der Waals surface area contributed by atoms with Gasteiger partial charge in [-0.2, -0.15) is 5.01 Å². The van der Waals surface area contributed by atoms with Gasteiger partial charge in [-0.1, -0.05) is 59.2 Å². The van der Waals surface area contributed by atoms with Gasteiger partial charge in [-0.05, 0) is 76.2 Å². The molecule has 0 aliphatic carbocycles. The lowest BCUT2D eigenvalue weighted by Crippen LogP contribution is -2.44. The van der Waals surface area contributed by atoms with Crippen molar-refractivity contribution in [1.29, 1.82) is 0 Å². The van der Waals surface area contributed by atoms with Crippen molar-refractivity contribution in [2.24, 2.45) is 0 Å². The van der Waals surface area contributed by atoms with Crippen molar-refractivity contribution in [2.45, 2.75) is 6.61 Å². The highest BCUT2D eigenvalue weighted by molar-refractivity contribution is 9.10. The molecule has 1 fully saturated rings. The zero-order valence-corrected chi connectivity index (χ0v) is 23.3. The Morgan fingerprint density at radius 1 is 1.17 bits per heavy atom. The van der Waals surface area contributed by atoms with E-state index in [4.69, 9.17) is 44.9 Å². The van der Waals surface area contributed by atoms with E-state index >= 15 is 0 Å². The van der Waals surface area contributed by atoms with Crippen molar-refractivity contribution in [3.63, 3.8) is 0 Å². The molecule has 0 saturated carbocycles. The molecule has 184 valence electrons. The lowest BCUT2D eigenvalue weighted by atomic mass is 10.1. The zero-order chi connectivity index (χ0) is 25.8. The molecule has 0 aromatic heterocycles. The van der Waals surface area contributed by atoms with Crippen LogP contribution in [0.1, 0.15) is 21.5 Å². The number of hydrogen-bond donors (Lipinski definition) is 1. The van der Waals surface area contributed by atoms with Crippen LogP contribution in [0.15, 0.2) is 70.0 Å². The average molecular weight is 624 g/mol. The molecule has 1 N–H and O–H groups in total. The summed E-state index contributed by atoms with van der Waals surface area (Å²) in [7, 11) is 1.53. The van der Waals surface area contributed by atoms with E-state index in [9.17, 15) is 9.59 Å². The van der Waals surface area contributed by atoms with E-state index in [1.54, 1.807) is 42.5 Å². The first-order valence-corrected chi connectivity index (χ1v) is 13.1. The van der Waals surface area contributed by atoms with Gasteiger partial charge in [0.2, 0.25) is 0 Å². The van der Waals surface area contributed by atoms with Gasteiger partial charge in [-0.15, -0.1) is 0 Å². The molecule has 0 radical (unpaired) electrons. The fourth-order valence-electron chi connectivity index (χ4n) is 3.24. The molecule has 11 heteroatoms. The lowest BCUT2D eigenvalue weighted by Gasteiger charge is -2.15. The highest BCUT2D eigenvalue weighted by Gasteiger charge is 2.34. The Hall–Kier alpha value is -2.56. The Labute approximate surface area is 235 Å². The quantitative estimate of drug-likeness (QED) is 0.228. The van der Waals surface area contributed by atoms with Gasteiger partial charge in [0.15, 0.2) is 15.8 Å². The van der Waals surface area contributed by atoms with Crippen molar-refractivity contribution >= 4 is 85.3 Å². The molecule has 0 bridgehead atoms. The van der Waals surface area contributed by atoms with Crippen LogP contribution in [-0.4, -0.2) is 28.3 Å². The van der Waals surface area contributed by atoms with Crippen LogP contribution >= 0.6 is 63.1 Å². The summed E-state index contributed by atoms with van der Waals surface area (Å²) < 4.78 is 12.3. The number of hydrazine groups is 1. The van der Waals surface area contributed by atoms with Gasteiger partial charge < -0.3 is 9.47 Å². The van der Waals surface area contributed by atoms with Crippen LogP contribution in [0.2, 0.25) is 10.0 Å². The largest absolute Gasteiger partial charge is 0.493 e. The van der Waals surface area contributed by atoms with Crippen molar-refractivity contribution in [1.82, 2.24) is 10.4 Å². The summed E-state index contributed by atoms with van der Waals surface area (Å²) in [5.41, 5.74) is 4.35. The SMILES string of the molecule is COc1cc(/C=C2\SC(=S)N(NC(=O)c3cccc(Cl)c3)C2=O)cc(Br)c1OCc1ccccc1Cl. The second-order valence-corrected chi connectivity index (χ2v) is 10.8. The number of carbonyl (C=O) groups excluding carboxylic acids is 2. The smallest absolute Gasteiger partial charge is 0.285 e. The number of halogens is 3. The fourth-order valence-corrected chi connectivity index (χ4v) is 5.37. The molecule has 3 aromatic carbocycles. The number of ether oxygens (including phenoxy) is 2. The average Bonchev–Trinajstić information content (AvgIpc) is 3.11. The van der Waals surface area contributed by atoms with Crippen molar-refractivity contribution in [3.8, 4) is 11.5 Å². The normalized spacial score (nSPS) is 14.3. The van der Waals surface area contributed by atoms with E-state index in [1.807, 2.05) is 18.2 Å². The van der Waals surface area contributed by atoms with Gasteiger partial charge in [0.05, 0.1) is 16.5 Å². The first kappa shape index (κ1) is 26.5. The maximum absolute atomic E-state index is 13.0. The molecule has 6 nitrogen and oxygen atoms in total. The summed E-state index contributed by atoms with van der Waals surface area (Å²) in [6.07, 6.45) is 1.66. The number of hydrogen-bond acceptors (Lipinski definition) is 6. The highest BCUT2D eigenvalue weighted by atomic mass is 79.9. The third kappa shape index (κ3) is 6.04. The van der Waals surface area contributed by atoms with E-state index < -0.39 is 11.8 Å². The first-order chi connectivity index (χ1) is 17.3. The topological polar surface area (TPSA) is 67.9 Å². The Balaban J connectivity index is 1.52. The van der Waals surface area contributed by atoms with Crippen LogP contribution < -0.4 is 14.9 Å². The number of nitrogens with one attached hydrogen (secondary N) is 1. The van der Waals surface area contributed by atoms with E-state index in [1.165, 1.54) is 13.2 Å². The van der Waals surface area contributed by atoms with Crippen LogP contribution in [0.3, 0.4) is 0 Å². The predicted octanol–water partition coefficient (Wildman–Crippen LogP) is 6.89. The minimum atomic E-state index is -0.500. The van der Waals surface area contributed by atoms with Gasteiger partial charge in [0.1, 0.15) is 6.61 Å². The van der Waals surface area contributed by atoms with Crippen molar-refractivity contribution in [2.75, 3.05) is 7.11 Å². The predicted molar refractivity (Wildman–Crippen MR) is 150 cm³/mol. The second kappa shape index (κ2) is 11.7. The lowest BCUT2D eigenvalue weighted by molar-refractivity contribution is -0.123. The van der Waals surface area contributed by atoms with Crippen molar-refractivity contribution in [3.05, 3.63) is 96.8 Å². The third-order valence-corrected chi connectivity index (χ3v) is 7.47. The van der Waals surface area contributed by atoms with E-state index in [2.05, 4.69) is 21.4 Å². The molecule has 36 heavy (non-hydrogen) atoms. The Bertz CT molecular complexity index is 1400. The summed E-state index contributed by atoms with van der Waals surface area (Å²) in [6.45, 7) is 0.249. The van der Waals surface area contributed by atoms with Crippen LogP contribution in [0.4, 0.5) is 0 Å². The maximum Gasteiger partial charge on any atom is 0.285 e. The highest BCUT2D eigenvalue weighted by Crippen LogP contribution is 2.39. The second-order valence-electron chi connectivity index (χ2n) is 7.38. The summed E-state index contributed by atoms with van der Waals surface area (Å²) in [4.78, 5) is 25.9. The fraction of sp³-hybridized carbons (Fsp3) is 0.0800. The molecular formula is C25H17BrCl2N2O4S2. The third-order valence-electron chi connectivity index (χ3n) is 4.97. The van der Waals surface area contributed by atoms with Crippen LogP contribution in [-0.2, 0) is 11.4 Å². The molecule has 0 unspecified atom stereocenters.